The van der Waals surface area contributed by atoms with Crippen molar-refractivity contribution in [3.63, 3.8) is 0 Å². The third kappa shape index (κ3) is 3.07. The van der Waals surface area contributed by atoms with Crippen molar-refractivity contribution in [2.75, 3.05) is 33.0 Å². The van der Waals surface area contributed by atoms with Crippen LogP contribution in [0.2, 0.25) is 0 Å². The van der Waals surface area contributed by atoms with Crippen LogP contribution in [0.25, 0.3) is 10.9 Å². The molecule has 25 heavy (non-hydrogen) atoms. The number of aromatic hydroxyl groups is 1. The third-order valence-electron chi connectivity index (χ3n) is 5.02. The molecule has 2 aliphatic heterocycles. The molecular weight excluding hydrogens is 316 g/mol. The molecular formula is C20H26N2O3. The van der Waals surface area contributed by atoms with Gasteiger partial charge in [-0.05, 0) is 36.5 Å². The van der Waals surface area contributed by atoms with E-state index in [0.717, 1.165) is 41.6 Å². The van der Waals surface area contributed by atoms with Gasteiger partial charge < -0.3 is 19.1 Å². The molecule has 1 atom stereocenters. The van der Waals surface area contributed by atoms with Crippen LogP contribution in [0.1, 0.15) is 37.4 Å². The fraction of sp³-hybridized carbons (Fsp3) is 0.550. The van der Waals surface area contributed by atoms with Gasteiger partial charge >= 0.3 is 0 Å². The summed E-state index contributed by atoms with van der Waals surface area (Å²) in [5.41, 5.74) is 4.05. The first-order valence-corrected chi connectivity index (χ1v) is 9.20. The molecule has 1 aromatic heterocycles. The Kier molecular flexibility index (Phi) is 4.52. The minimum absolute atomic E-state index is 0.178. The highest BCUT2D eigenvalue weighted by atomic mass is 16.5. The van der Waals surface area contributed by atoms with Gasteiger partial charge in [0.1, 0.15) is 0 Å². The van der Waals surface area contributed by atoms with Gasteiger partial charge in [0, 0.05) is 12.0 Å². The Hall–Kier alpha value is -1.85. The molecule has 0 saturated carbocycles. The van der Waals surface area contributed by atoms with E-state index in [1.54, 1.807) is 0 Å². The molecule has 5 nitrogen and oxygen atoms in total. The van der Waals surface area contributed by atoms with E-state index >= 15 is 0 Å². The Labute approximate surface area is 148 Å². The van der Waals surface area contributed by atoms with Gasteiger partial charge in [0.25, 0.3) is 0 Å². The maximum atomic E-state index is 11.1. The lowest BCUT2D eigenvalue weighted by molar-refractivity contribution is 0.171. The maximum Gasteiger partial charge on any atom is 0.201 e. The molecule has 134 valence electrons. The molecule has 0 aliphatic carbocycles. The van der Waals surface area contributed by atoms with Crippen molar-refractivity contribution in [2.45, 2.75) is 32.7 Å². The van der Waals surface area contributed by atoms with Gasteiger partial charge in [-0.15, -0.1) is 0 Å². The minimum Gasteiger partial charge on any atom is -0.494 e. The van der Waals surface area contributed by atoms with Crippen LogP contribution in [0.5, 0.6) is 5.88 Å². The van der Waals surface area contributed by atoms with Crippen molar-refractivity contribution < 1.29 is 14.6 Å². The molecule has 2 aliphatic rings. The zero-order valence-corrected chi connectivity index (χ0v) is 15.0. The van der Waals surface area contributed by atoms with Crippen molar-refractivity contribution in [3.05, 3.63) is 29.3 Å². The van der Waals surface area contributed by atoms with Crippen LogP contribution in [0.4, 0.5) is 0 Å². The molecule has 2 aromatic rings. The SMILES string of the molecule is CC(C)Cc1ccc2c(c1)c(C1=NCCOC1)c(O)n2C1CCOC1. The van der Waals surface area contributed by atoms with Gasteiger partial charge in [0.2, 0.25) is 5.88 Å². The van der Waals surface area contributed by atoms with Crippen LogP contribution in [-0.4, -0.2) is 48.4 Å². The van der Waals surface area contributed by atoms with E-state index in [1.165, 1.54) is 5.56 Å². The van der Waals surface area contributed by atoms with E-state index in [2.05, 4.69) is 37.0 Å². The number of aliphatic imine (C=N–C) groups is 1. The first-order valence-electron chi connectivity index (χ1n) is 9.20. The number of benzene rings is 1. The molecule has 1 unspecified atom stereocenters. The summed E-state index contributed by atoms with van der Waals surface area (Å²) < 4.78 is 13.2. The normalized spacial score (nSPS) is 21.2. The third-order valence-corrected chi connectivity index (χ3v) is 5.02. The fourth-order valence-corrected chi connectivity index (χ4v) is 3.94. The second-order valence-electron chi connectivity index (χ2n) is 7.42. The number of hydrogen-bond acceptors (Lipinski definition) is 4. The lowest BCUT2D eigenvalue weighted by Gasteiger charge is -2.15. The van der Waals surface area contributed by atoms with Gasteiger partial charge in [-0.3, -0.25) is 4.99 Å². The summed E-state index contributed by atoms with van der Waals surface area (Å²) in [5.74, 6) is 0.895. The Morgan fingerprint density at radius 3 is 2.84 bits per heavy atom. The van der Waals surface area contributed by atoms with E-state index < -0.39 is 0 Å². The van der Waals surface area contributed by atoms with Gasteiger partial charge in [-0.25, -0.2) is 0 Å². The smallest absolute Gasteiger partial charge is 0.201 e. The molecule has 3 heterocycles. The number of ether oxygens (including phenoxy) is 2. The molecule has 1 aromatic carbocycles. The highest BCUT2D eigenvalue weighted by Crippen LogP contribution is 2.38. The summed E-state index contributed by atoms with van der Waals surface area (Å²) in [4.78, 5) is 4.63. The molecule has 0 amide bonds. The summed E-state index contributed by atoms with van der Waals surface area (Å²) in [6, 6.07) is 6.71. The number of fused-ring (bicyclic) bond motifs is 1. The fourth-order valence-electron chi connectivity index (χ4n) is 3.94. The number of rotatable bonds is 4. The molecule has 0 spiro atoms. The van der Waals surface area contributed by atoms with Gasteiger partial charge in [0.05, 0.1) is 49.2 Å². The molecule has 1 fully saturated rings. The Bertz CT molecular complexity index is 801. The Morgan fingerprint density at radius 1 is 1.28 bits per heavy atom. The van der Waals surface area contributed by atoms with E-state index in [-0.39, 0.29) is 6.04 Å². The van der Waals surface area contributed by atoms with Crippen molar-refractivity contribution in [3.8, 4) is 5.88 Å². The van der Waals surface area contributed by atoms with Crippen molar-refractivity contribution >= 4 is 16.6 Å². The molecule has 1 saturated heterocycles. The Balaban J connectivity index is 1.90. The lowest BCUT2D eigenvalue weighted by atomic mass is 9.99. The molecule has 1 N–H and O–H groups in total. The zero-order chi connectivity index (χ0) is 17.4. The van der Waals surface area contributed by atoms with E-state index in [0.29, 0.717) is 38.2 Å². The molecule has 0 bridgehead atoms. The summed E-state index contributed by atoms with van der Waals surface area (Å²) in [6.07, 6.45) is 1.95. The maximum absolute atomic E-state index is 11.1. The van der Waals surface area contributed by atoms with E-state index in [9.17, 15) is 5.11 Å². The molecule has 5 heteroatoms. The van der Waals surface area contributed by atoms with Crippen LogP contribution in [0, 0.1) is 5.92 Å². The van der Waals surface area contributed by atoms with E-state index in [1.807, 2.05) is 4.57 Å². The van der Waals surface area contributed by atoms with Crippen LogP contribution in [0.15, 0.2) is 23.2 Å². The number of nitrogens with zero attached hydrogens (tertiary/aromatic N) is 2. The second kappa shape index (κ2) is 6.81. The quantitative estimate of drug-likeness (QED) is 0.927. The monoisotopic (exact) mass is 342 g/mol. The average molecular weight is 342 g/mol. The van der Waals surface area contributed by atoms with Crippen molar-refractivity contribution in [1.29, 1.82) is 0 Å². The summed E-state index contributed by atoms with van der Waals surface area (Å²) in [6.45, 7) is 7.60. The Morgan fingerprint density at radius 2 is 2.16 bits per heavy atom. The zero-order valence-electron chi connectivity index (χ0n) is 15.0. The summed E-state index contributed by atoms with van der Waals surface area (Å²) in [7, 11) is 0. The van der Waals surface area contributed by atoms with Crippen molar-refractivity contribution in [1.82, 2.24) is 4.57 Å². The van der Waals surface area contributed by atoms with Crippen LogP contribution < -0.4 is 0 Å². The first kappa shape index (κ1) is 16.6. The second-order valence-corrected chi connectivity index (χ2v) is 7.42. The number of hydrogen-bond donors (Lipinski definition) is 1. The van der Waals surface area contributed by atoms with Crippen molar-refractivity contribution in [2.24, 2.45) is 10.9 Å². The van der Waals surface area contributed by atoms with E-state index in [4.69, 9.17) is 9.47 Å². The lowest BCUT2D eigenvalue weighted by Crippen LogP contribution is -2.19. The van der Waals surface area contributed by atoms with Gasteiger partial charge in [0.15, 0.2) is 0 Å². The average Bonchev–Trinajstić information content (AvgIpc) is 3.20. The van der Waals surface area contributed by atoms with Gasteiger partial charge in [-0.2, -0.15) is 0 Å². The van der Waals surface area contributed by atoms with Gasteiger partial charge in [-0.1, -0.05) is 19.9 Å². The highest BCUT2D eigenvalue weighted by molar-refractivity contribution is 6.14. The van der Waals surface area contributed by atoms with Crippen LogP contribution in [-0.2, 0) is 15.9 Å². The standard InChI is InChI=1S/C20H26N2O3/c1-13(2)9-14-3-4-18-16(10-14)19(17-12-25-8-6-21-17)20(23)22(18)15-5-7-24-11-15/h3-4,10,13,15,23H,5-9,11-12H2,1-2H3. The largest absolute Gasteiger partial charge is 0.494 e. The summed E-state index contributed by atoms with van der Waals surface area (Å²) >= 11 is 0. The van der Waals surface area contributed by atoms with Crippen LogP contribution in [0.3, 0.4) is 0 Å². The minimum atomic E-state index is 0.178. The predicted octanol–water partition coefficient (Wildman–Crippen LogP) is 3.33. The highest BCUT2D eigenvalue weighted by Gasteiger charge is 2.28. The molecule has 0 radical (unpaired) electrons. The van der Waals surface area contributed by atoms with Crippen LogP contribution >= 0.6 is 0 Å². The predicted molar refractivity (Wildman–Crippen MR) is 98.8 cm³/mol. The summed E-state index contributed by atoms with van der Waals surface area (Å²) in [5, 5.41) is 12.1. The number of aromatic nitrogens is 1. The molecule has 4 rings (SSSR count). The topological polar surface area (TPSA) is 56.0 Å². The first-order chi connectivity index (χ1) is 12.1.